The van der Waals surface area contributed by atoms with Crippen molar-refractivity contribution in [2.75, 3.05) is 6.54 Å². The summed E-state index contributed by atoms with van der Waals surface area (Å²) in [5, 5.41) is -0.529. The van der Waals surface area contributed by atoms with Crippen molar-refractivity contribution in [1.29, 1.82) is 0 Å². The fraction of sp³-hybridized carbons (Fsp3) is 0.545. The third-order valence-corrected chi connectivity index (χ3v) is 5.21. The first-order valence-corrected chi connectivity index (χ1v) is 8.13. The van der Waals surface area contributed by atoms with Crippen molar-refractivity contribution in [3.05, 3.63) is 24.1 Å². The molecule has 1 N–H and O–H groups in total. The molecule has 0 spiro atoms. The molecule has 1 saturated carbocycles. The number of hydrogen-bond acceptors (Lipinski definition) is 3. The van der Waals surface area contributed by atoms with Crippen LogP contribution >= 0.6 is 15.9 Å². The van der Waals surface area contributed by atoms with E-state index in [4.69, 9.17) is 0 Å². The summed E-state index contributed by atoms with van der Waals surface area (Å²) in [6, 6.07) is 2.45. The summed E-state index contributed by atoms with van der Waals surface area (Å²) in [4.78, 5) is 4.03. The molecule has 1 aromatic rings. The van der Waals surface area contributed by atoms with Crippen molar-refractivity contribution in [2.45, 2.75) is 29.1 Å². The summed E-state index contributed by atoms with van der Waals surface area (Å²) in [5.41, 5.74) is 0. The normalized spacial score (nSPS) is 24.3. The number of rotatable bonds is 4. The van der Waals surface area contributed by atoms with Crippen LogP contribution in [0.4, 0.5) is 4.39 Å². The van der Waals surface area contributed by atoms with Crippen LogP contribution in [0.15, 0.2) is 23.4 Å². The Hall–Kier alpha value is -0.530. The van der Waals surface area contributed by atoms with Gasteiger partial charge < -0.3 is 0 Å². The zero-order valence-electron chi connectivity index (χ0n) is 9.64. The van der Waals surface area contributed by atoms with Crippen molar-refractivity contribution in [1.82, 2.24) is 9.71 Å². The Morgan fingerprint density at radius 1 is 1.50 bits per heavy atom. The molecule has 0 aromatic carbocycles. The van der Waals surface area contributed by atoms with E-state index in [9.17, 15) is 12.8 Å². The molecular weight excluding hydrogens is 323 g/mol. The van der Waals surface area contributed by atoms with Gasteiger partial charge in [-0.25, -0.2) is 22.5 Å². The third-order valence-electron chi connectivity index (χ3n) is 3.02. The van der Waals surface area contributed by atoms with Gasteiger partial charge in [-0.05, 0) is 37.3 Å². The van der Waals surface area contributed by atoms with Crippen molar-refractivity contribution in [2.24, 2.45) is 5.92 Å². The average molecular weight is 337 g/mol. The van der Waals surface area contributed by atoms with Gasteiger partial charge in [0.2, 0.25) is 5.03 Å². The van der Waals surface area contributed by atoms with Gasteiger partial charge in [0.15, 0.2) is 5.82 Å². The Bertz CT molecular complexity index is 524. The Balaban J connectivity index is 2.02. The SMILES string of the molecule is O=S(=O)(NCC1CCC(Br)C1)c1ncccc1F. The van der Waals surface area contributed by atoms with Crippen LogP contribution in [0.25, 0.3) is 0 Å². The average Bonchev–Trinajstić information content (AvgIpc) is 2.73. The van der Waals surface area contributed by atoms with E-state index in [0.29, 0.717) is 17.3 Å². The second-order valence-electron chi connectivity index (χ2n) is 4.42. The van der Waals surface area contributed by atoms with E-state index in [1.807, 2.05) is 0 Å². The monoisotopic (exact) mass is 336 g/mol. The van der Waals surface area contributed by atoms with Gasteiger partial charge in [0.25, 0.3) is 10.0 Å². The lowest BCUT2D eigenvalue weighted by Crippen LogP contribution is -2.30. The lowest BCUT2D eigenvalue weighted by Gasteiger charge is -2.11. The van der Waals surface area contributed by atoms with E-state index in [-0.39, 0.29) is 0 Å². The molecule has 0 radical (unpaired) electrons. The quantitative estimate of drug-likeness (QED) is 0.856. The molecule has 0 aliphatic heterocycles. The van der Waals surface area contributed by atoms with Crippen LogP contribution < -0.4 is 4.72 Å². The molecule has 1 heterocycles. The Morgan fingerprint density at radius 3 is 2.89 bits per heavy atom. The van der Waals surface area contributed by atoms with Crippen LogP contribution in [-0.4, -0.2) is 24.8 Å². The minimum atomic E-state index is -3.85. The van der Waals surface area contributed by atoms with Gasteiger partial charge in [-0.15, -0.1) is 0 Å². The molecular formula is C11H14BrFN2O2S. The zero-order valence-corrected chi connectivity index (χ0v) is 12.0. The number of aromatic nitrogens is 1. The van der Waals surface area contributed by atoms with Gasteiger partial charge in [0.05, 0.1) is 0 Å². The largest absolute Gasteiger partial charge is 0.261 e. The van der Waals surface area contributed by atoms with Crippen molar-refractivity contribution >= 4 is 26.0 Å². The van der Waals surface area contributed by atoms with E-state index >= 15 is 0 Å². The summed E-state index contributed by atoms with van der Waals surface area (Å²) >= 11 is 3.51. The molecule has 1 aliphatic rings. The highest BCUT2D eigenvalue weighted by atomic mass is 79.9. The minimum absolute atomic E-state index is 0.302. The van der Waals surface area contributed by atoms with Gasteiger partial charge in [-0.3, -0.25) is 0 Å². The highest BCUT2D eigenvalue weighted by molar-refractivity contribution is 9.09. The highest BCUT2D eigenvalue weighted by Crippen LogP contribution is 2.30. The van der Waals surface area contributed by atoms with Crippen LogP contribution in [0.1, 0.15) is 19.3 Å². The lowest BCUT2D eigenvalue weighted by molar-refractivity contribution is 0.510. The topological polar surface area (TPSA) is 59.1 Å². The molecule has 4 nitrogen and oxygen atoms in total. The van der Waals surface area contributed by atoms with Crippen molar-refractivity contribution < 1.29 is 12.8 Å². The molecule has 1 aliphatic carbocycles. The molecule has 1 aromatic heterocycles. The smallest absolute Gasteiger partial charge is 0.241 e. The van der Waals surface area contributed by atoms with Gasteiger partial charge >= 0.3 is 0 Å². The lowest BCUT2D eigenvalue weighted by atomic mass is 10.1. The maximum absolute atomic E-state index is 13.4. The fourth-order valence-electron chi connectivity index (χ4n) is 2.06. The number of halogens is 2. The van der Waals surface area contributed by atoms with Crippen molar-refractivity contribution in [3.63, 3.8) is 0 Å². The molecule has 100 valence electrons. The van der Waals surface area contributed by atoms with E-state index in [1.165, 1.54) is 12.3 Å². The standard InChI is InChI=1S/C11H14BrFN2O2S/c12-9-4-3-8(6-9)7-15-18(16,17)11-10(13)2-1-5-14-11/h1-2,5,8-9,15H,3-4,6-7H2. The van der Waals surface area contributed by atoms with Gasteiger partial charge in [0.1, 0.15) is 0 Å². The number of nitrogens with one attached hydrogen (secondary N) is 1. The number of nitrogens with zero attached hydrogens (tertiary/aromatic N) is 1. The first kappa shape index (κ1) is 13.9. The molecule has 7 heteroatoms. The maximum atomic E-state index is 13.4. The first-order chi connectivity index (χ1) is 8.49. The van der Waals surface area contributed by atoms with Crippen molar-refractivity contribution in [3.8, 4) is 0 Å². The molecule has 0 bridgehead atoms. The second kappa shape index (κ2) is 5.63. The Kier molecular flexibility index (Phi) is 4.34. The Labute approximate surface area is 114 Å². The highest BCUT2D eigenvalue weighted by Gasteiger charge is 2.26. The summed E-state index contributed by atoms with van der Waals surface area (Å²) in [6.07, 6.45) is 4.22. The summed E-state index contributed by atoms with van der Waals surface area (Å²) in [7, 11) is -3.85. The van der Waals surface area contributed by atoms with Gasteiger partial charge in [-0.2, -0.15) is 0 Å². The van der Waals surface area contributed by atoms with Crippen LogP contribution in [0.3, 0.4) is 0 Å². The van der Waals surface area contributed by atoms with Crippen LogP contribution in [0.5, 0.6) is 0 Å². The molecule has 1 fully saturated rings. The van der Waals surface area contributed by atoms with Gasteiger partial charge in [-0.1, -0.05) is 15.9 Å². The fourth-order valence-corrected chi connectivity index (χ4v) is 3.97. The minimum Gasteiger partial charge on any atom is -0.241 e. The number of hydrogen-bond donors (Lipinski definition) is 1. The van der Waals surface area contributed by atoms with Crippen LogP contribution in [-0.2, 0) is 10.0 Å². The predicted octanol–water partition coefficient (Wildman–Crippen LogP) is 2.06. The predicted molar refractivity (Wildman–Crippen MR) is 69.4 cm³/mol. The second-order valence-corrected chi connectivity index (χ2v) is 7.40. The van der Waals surface area contributed by atoms with E-state index in [0.717, 1.165) is 25.3 Å². The van der Waals surface area contributed by atoms with E-state index < -0.39 is 20.9 Å². The molecule has 2 unspecified atom stereocenters. The zero-order chi connectivity index (χ0) is 13.2. The van der Waals surface area contributed by atoms with Crippen LogP contribution in [0, 0.1) is 11.7 Å². The summed E-state index contributed by atoms with van der Waals surface area (Å²) in [6.45, 7) is 0.334. The summed E-state index contributed by atoms with van der Waals surface area (Å²) in [5.74, 6) is -0.522. The maximum Gasteiger partial charge on any atom is 0.261 e. The van der Waals surface area contributed by atoms with E-state index in [1.54, 1.807) is 0 Å². The first-order valence-electron chi connectivity index (χ1n) is 5.73. The summed E-state index contributed by atoms with van der Waals surface area (Å²) < 4.78 is 39.5. The molecule has 2 rings (SSSR count). The molecule has 2 atom stereocenters. The van der Waals surface area contributed by atoms with Gasteiger partial charge in [0, 0.05) is 17.6 Å². The molecule has 18 heavy (non-hydrogen) atoms. The molecule has 0 amide bonds. The number of pyridine rings is 1. The Morgan fingerprint density at radius 2 is 2.28 bits per heavy atom. The third kappa shape index (κ3) is 3.27. The number of sulfonamides is 1. The van der Waals surface area contributed by atoms with E-state index in [2.05, 4.69) is 25.6 Å². The van der Waals surface area contributed by atoms with Crippen LogP contribution in [0.2, 0.25) is 0 Å². The number of alkyl halides is 1. The molecule has 0 saturated heterocycles.